The first kappa shape index (κ1) is 19.8. The van der Waals surface area contributed by atoms with Crippen LogP contribution >= 0.6 is 11.6 Å². The van der Waals surface area contributed by atoms with Crippen molar-refractivity contribution in [2.75, 3.05) is 30.8 Å². The number of nitrogens with one attached hydrogen (secondary N) is 2. The van der Waals surface area contributed by atoms with Crippen LogP contribution in [0.1, 0.15) is 26.2 Å². The summed E-state index contributed by atoms with van der Waals surface area (Å²) in [5, 5.41) is 15.0. The van der Waals surface area contributed by atoms with Crippen LogP contribution in [0.15, 0.2) is 30.0 Å². The normalized spacial score (nSPS) is 11.0. The lowest BCUT2D eigenvalue weighted by Gasteiger charge is -2.07. The molecule has 1 amide bonds. The molecule has 0 fully saturated rings. The van der Waals surface area contributed by atoms with E-state index in [1.165, 1.54) is 6.20 Å². The Morgan fingerprint density at radius 1 is 1.42 bits per heavy atom. The Morgan fingerprint density at radius 3 is 2.83 bits per heavy atom. The summed E-state index contributed by atoms with van der Waals surface area (Å²) < 4.78 is 5.40. The first-order valence-electron chi connectivity index (χ1n) is 7.86. The number of amides is 1. The topological polar surface area (TPSA) is 100 Å². The summed E-state index contributed by atoms with van der Waals surface area (Å²) in [6.07, 6.45) is 4.18. The van der Waals surface area contributed by atoms with E-state index in [9.17, 15) is 4.79 Å². The zero-order valence-electron chi connectivity index (χ0n) is 13.8. The number of carbonyl (C=O) groups excluding carboxylic acids is 1. The molecule has 1 rings (SSSR count). The molecule has 130 valence electrons. The Kier molecular flexibility index (Phi) is 9.35. The molecule has 6 nitrogen and oxygen atoms in total. The van der Waals surface area contributed by atoms with Crippen molar-refractivity contribution in [1.29, 1.82) is 5.26 Å². The van der Waals surface area contributed by atoms with Crippen LogP contribution in [-0.2, 0) is 9.53 Å². The molecule has 0 aromatic heterocycles. The molecule has 0 saturated heterocycles. The lowest BCUT2D eigenvalue weighted by Crippen LogP contribution is -2.26. The highest BCUT2D eigenvalue weighted by Crippen LogP contribution is 2.22. The molecule has 0 saturated carbocycles. The third kappa shape index (κ3) is 7.36. The maximum atomic E-state index is 11.9. The van der Waals surface area contributed by atoms with Crippen molar-refractivity contribution in [3.8, 4) is 6.07 Å². The Bertz CT molecular complexity index is 611. The van der Waals surface area contributed by atoms with E-state index < -0.39 is 5.91 Å². The number of ether oxygens (including phenoxy) is 1. The lowest BCUT2D eigenvalue weighted by molar-refractivity contribution is -0.117. The number of nitrogens with two attached hydrogens (primary N) is 1. The van der Waals surface area contributed by atoms with Crippen molar-refractivity contribution in [1.82, 2.24) is 5.32 Å². The highest BCUT2D eigenvalue weighted by atomic mass is 35.5. The van der Waals surface area contributed by atoms with Crippen LogP contribution in [0.5, 0.6) is 0 Å². The molecule has 0 bridgehead atoms. The molecule has 4 N–H and O–H groups in total. The van der Waals surface area contributed by atoms with Crippen LogP contribution in [0.25, 0.3) is 0 Å². The van der Waals surface area contributed by atoms with Gasteiger partial charge in [0.25, 0.3) is 5.91 Å². The van der Waals surface area contributed by atoms with E-state index in [1.54, 1.807) is 18.2 Å². The standard InChI is InChI=1S/C17H23ClN4O2/c1-2-3-8-24-9-4-7-21-17(23)13(11-19)12-22-14-5-6-16(20)15(18)10-14/h5-6,10,12,22H,2-4,7-9,20H2,1H3,(H,21,23)/b13-12-. The minimum absolute atomic E-state index is 0.0187. The van der Waals surface area contributed by atoms with Gasteiger partial charge in [0, 0.05) is 31.6 Å². The van der Waals surface area contributed by atoms with Gasteiger partial charge in [0.2, 0.25) is 0 Å². The Labute approximate surface area is 147 Å². The van der Waals surface area contributed by atoms with Crippen molar-refractivity contribution in [2.24, 2.45) is 0 Å². The van der Waals surface area contributed by atoms with Gasteiger partial charge in [-0.05, 0) is 31.0 Å². The molecule has 0 aliphatic carbocycles. The zero-order valence-corrected chi connectivity index (χ0v) is 14.5. The number of anilines is 2. The molecule has 0 spiro atoms. The summed E-state index contributed by atoms with van der Waals surface area (Å²) in [5.74, 6) is -0.430. The van der Waals surface area contributed by atoms with Gasteiger partial charge in [-0.25, -0.2) is 0 Å². The number of rotatable bonds is 10. The number of hydrogen-bond donors (Lipinski definition) is 3. The second-order valence-electron chi connectivity index (χ2n) is 5.13. The lowest BCUT2D eigenvalue weighted by atomic mass is 10.2. The molecule has 0 heterocycles. The van der Waals surface area contributed by atoms with E-state index in [0.717, 1.165) is 19.4 Å². The van der Waals surface area contributed by atoms with Crippen molar-refractivity contribution in [2.45, 2.75) is 26.2 Å². The monoisotopic (exact) mass is 350 g/mol. The molecule has 0 aliphatic heterocycles. The van der Waals surface area contributed by atoms with Crippen LogP contribution in [0.3, 0.4) is 0 Å². The highest BCUT2D eigenvalue weighted by Gasteiger charge is 2.08. The van der Waals surface area contributed by atoms with Crippen molar-refractivity contribution in [3.05, 3.63) is 35.0 Å². The van der Waals surface area contributed by atoms with Gasteiger partial charge in [-0.3, -0.25) is 4.79 Å². The number of benzene rings is 1. The smallest absolute Gasteiger partial charge is 0.263 e. The van der Waals surface area contributed by atoms with Gasteiger partial charge in [-0.2, -0.15) is 5.26 Å². The fourth-order valence-electron chi connectivity index (χ4n) is 1.74. The number of nitrogen functional groups attached to an aromatic ring is 1. The van der Waals surface area contributed by atoms with Crippen LogP contribution in [0.4, 0.5) is 11.4 Å². The average molecular weight is 351 g/mol. The second kappa shape index (κ2) is 11.3. The van der Waals surface area contributed by atoms with E-state index >= 15 is 0 Å². The largest absolute Gasteiger partial charge is 0.398 e. The van der Waals surface area contributed by atoms with Crippen molar-refractivity contribution >= 4 is 28.9 Å². The number of unbranched alkanes of at least 4 members (excludes halogenated alkanes) is 1. The third-order valence-corrected chi connectivity index (χ3v) is 3.47. The molecular weight excluding hydrogens is 328 g/mol. The predicted octanol–water partition coefficient (Wildman–Crippen LogP) is 3.06. The van der Waals surface area contributed by atoms with Crippen LogP contribution in [-0.4, -0.2) is 25.7 Å². The molecule has 0 atom stereocenters. The summed E-state index contributed by atoms with van der Waals surface area (Å²) in [7, 11) is 0. The SMILES string of the molecule is CCCCOCCCNC(=O)/C(C#N)=C\Nc1ccc(N)c(Cl)c1. The summed E-state index contributed by atoms with van der Waals surface area (Å²) in [5.41, 5.74) is 6.71. The average Bonchev–Trinajstić information content (AvgIpc) is 2.57. The number of hydrogen-bond acceptors (Lipinski definition) is 5. The number of nitrogens with zero attached hydrogens (tertiary/aromatic N) is 1. The molecule has 0 aliphatic rings. The quantitative estimate of drug-likeness (QED) is 0.260. The van der Waals surface area contributed by atoms with E-state index in [2.05, 4.69) is 17.6 Å². The summed E-state index contributed by atoms with van der Waals surface area (Å²) >= 11 is 5.91. The number of carbonyl (C=O) groups is 1. The fourth-order valence-corrected chi connectivity index (χ4v) is 1.92. The molecule has 1 aromatic carbocycles. The number of nitriles is 1. The highest BCUT2D eigenvalue weighted by molar-refractivity contribution is 6.33. The molecular formula is C17H23ClN4O2. The number of halogens is 1. The van der Waals surface area contributed by atoms with Gasteiger partial charge in [-0.1, -0.05) is 24.9 Å². The summed E-state index contributed by atoms with van der Waals surface area (Å²) in [4.78, 5) is 11.9. The van der Waals surface area contributed by atoms with Crippen LogP contribution < -0.4 is 16.4 Å². The zero-order chi connectivity index (χ0) is 17.8. The van der Waals surface area contributed by atoms with Crippen LogP contribution in [0.2, 0.25) is 5.02 Å². The summed E-state index contributed by atoms with van der Waals surface area (Å²) in [6.45, 7) is 3.89. The summed E-state index contributed by atoms with van der Waals surface area (Å²) in [6, 6.07) is 6.83. The van der Waals surface area contributed by atoms with Gasteiger partial charge in [-0.15, -0.1) is 0 Å². The van der Waals surface area contributed by atoms with Crippen molar-refractivity contribution in [3.63, 3.8) is 0 Å². The first-order valence-corrected chi connectivity index (χ1v) is 8.24. The first-order chi connectivity index (χ1) is 11.6. The minimum atomic E-state index is -0.430. The van der Waals surface area contributed by atoms with Gasteiger partial charge < -0.3 is 21.1 Å². The molecule has 24 heavy (non-hydrogen) atoms. The van der Waals surface area contributed by atoms with Gasteiger partial charge in [0.15, 0.2) is 0 Å². The Morgan fingerprint density at radius 2 is 2.17 bits per heavy atom. The van der Waals surface area contributed by atoms with E-state index in [-0.39, 0.29) is 5.57 Å². The molecule has 1 aromatic rings. The second-order valence-corrected chi connectivity index (χ2v) is 5.53. The van der Waals surface area contributed by atoms with Gasteiger partial charge in [0.1, 0.15) is 11.6 Å². The molecule has 0 radical (unpaired) electrons. The molecule has 7 heteroatoms. The van der Waals surface area contributed by atoms with Gasteiger partial charge >= 0.3 is 0 Å². The third-order valence-electron chi connectivity index (χ3n) is 3.14. The minimum Gasteiger partial charge on any atom is -0.398 e. The maximum Gasteiger partial charge on any atom is 0.263 e. The Hall–Kier alpha value is -2.23. The van der Waals surface area contributed by atoms with Gasteiger partial charge in [0.05, 0.1) is 10.7 Å². The van der Waals surface area contributed by atoms with E-state index in [0.29, 0.717) is 36.0 Å². The maximum absolute atomic E-state index is 11.9. The van der Waals surface area contributed by atoms with E-state index in [4.69, 9.17) is 27.3 Å². The Balaban J connectivity index is 2.40. The van der Waals surface area contributed by atoms with Crippen LogP contribution in [0, 0.1) is 11.3 Å². The van der Waals surface area contributed by atoms with E-state index in [1.807, 2.05) is 6.07 Å². The fraction of sp³-hybridized carbons (Fsp3) is 0.412. The molecule has 0 unspecified atom stereocenters. The van der Waals surface area contributed by atoms with Crippen molar-refractivity contribution < 1.29 is 9.53 Å². The predicted molar refractivity (Wildman–Crippen MR) is 96.5 cm³/mol.